The number of hydrogen-bond donors (Lipinski definition) is 0. The first-order chi connectivity index (χ1) is 5.52. The largest absolute Gasteiger partial charge is 0.0859 e. The topological polar surface area (TPSA) is 0 Å². The summed E-state index contributed by atoms with van der Waals surface area (Å²) in [4.78, 5) is 0. The summed E-state index contributed by atoms with van der Waals surface area (Å²) < 4.78 is 0. The van der Waals surface area contributed by atoms with Crippen LogP contribution >= 0.6 is 0 Å². The van der Waals surface area contributed by atoms with E-state index >= 15 is 0 Å². The quantitative estimate of drug-likeness (QED) is 0.533. The van der Waals surface area contributed by atoms with Gasteiger partial charge in [0.05, 0.1) is 0 Å². The highest BCUT2D eigenvalue weighted by Crippen LogP contribution is 2.16. The minimum Gasteiger partial charge on any atom is -0.0859 e. The Hall–Kier alpha value is -0.260. The molecule has 72 valence electrons. The van der Waals surface area contributed by atoms with E-state index in [0.29, 0.717) is 0 Å². The van der Waals surface area contributed by atoms with Crippen molar-refractivity contribution >= 4 is 0 Å². The molecule has 0 saturated heterocycles. The van der Waals surface area contributed by atoms with Gasteiger partial charge in [0, 0.05) is 0 Å². The normalized spacial score (nSPS) is 13.2. The molecule has 12 heavy (non-hydrogen) atoms. The van der Waals surface area contributed by atoms with Crippen molar-refractivity contribution in [3.05, 3.63) is 11.6 Å². The van der Waals surface area contributed by atoms with Gasteiger partial charge in [-0.2, -0.15) is 0 Å². The van der Waals surface area contributed by atoms with Crippen LogP contribution in [0.2, 0.25) is 0 Å². The van der Waals surface area contributed by atoms with Gasteiger partial charge in [-0.3, -0.25) is 0 Å². The molecule has 0 aliphatic carbocycles. The van der Waals surface area contributed by atoms with Crippen LogP contribution in [-0.4, -0.2) is 0 Å². The maximum absolute atomic E-state index is 2.36. The van der Waals surface area contributed by atoms with Gasteiger partial charge in [0.1, 0.15) is 0 Å². The van der Waals surface area contributed by atoms with Crippen molar-refractivity contribution in [3.8, 4) is 0 Å². The first kappa shape index (κ1) is 11.7. The molecule has 0 fully saturated rings. The van der Waals surface area contributed by atoms with Crippen LogP contribution in [-0.2, 0) is 0 Å². The molecule has 0 spiro atoms. The Balaban J connectivity index is 3.44. The van der Waals surface area contributed by atoms with Crippen LogP contribution in [0.1, 0.15) is 53.9 Å². The van der Waals surface area contributed by atoms with Gasteiger partial charge in [0.2, 0.25) is 0 Å². The lowest BCUT2D eigenvalue weighted by molar-refractivity contribution is 0.417. The van der Waals surface area contributed by atoms with Crippen LogP contribution in [0.3, 0.4) is 0 Å². The number of allylic oxidation sites excluding steroid dienone is 2. The van der Waals surface area contributed by atoms with Crippen molar-refractivity contribution in [3.63, 3.8) is 0 Å². The van der Waals surface area contributed by atoms with Crippen LogP contribution in [0.4, 0.5) is 0 Å². The molecule has 0 amide bonds. The number of hydrogen-bond acceptors (Lipinski definition) is 0. The third-order valence-corrected chi connectivity index (χ3v) is 2.09. The van der Waals surface area contributed by atoms with Gasteiger partial charge in [-0.15, -0.1) is 0 Å². The Morgan fingerprint density at radius 1 is 1.17 bits per heavy atom. The van der Waals surface area contributed by atoms with Crippen LogP contribution in [0, 0.1) is 11.8 Å². The van der Waals surface area contributed by atoms with Gasteiger partial charge in [-0.1, -0.05) is 32.4 Å². The molecule has 1 unspecified atom stereocenters. The SMILES string of the molecule is CC(C)=CCCC(C)CC(C)C. The molecule has 0 aromatic heterocycles. The van der Waals surface area contributed by atoms with E-state index in [-0.39, 0.29) is 0 Å². The summed E-state index contributed by atoms with van der Waals surface area (Å²) >= 11 is 0. The van der Waals surface area contributed by atoms with E-state index in [1.807, 2.05) is 0 Å². The van der Waals surface area contributed by atoms with E-state index < -0.39 is 0 Å². The molecule has 0 heterocycles. The summed E-state index contributed by atoms with van der Waals surface area (Å²) in [5, 5.41) is 0. The highest BCUT2D eigenvalue weighted by molar-refractivity contribution is 4.92. The first-order valence-electron chi connectivity index (χ1n) is 5.15. The number of rotatable bonds is 5. The molecule has 0 bridgehead atoms. The molecule has 0 aliphatic rings. The minimum absolute atomic E-state index is 0.853. The highest BCUT2D eigenvalue weighted by atomic mass is 14.1. The lowest BCUT2D eigenvalue weighted by Gasteiger charge is -2.12. The Morgan fingerprint density at radius 3 is 2.17 bits per heavy atom. The van der Waals surface area contributed by atoms with E-state index in [1.165, 1.54) is 24.8 Å². The molecule has 0 saturated carbocycles. The van der Waals surface area contributed by atoms with Gasteiger partial charge < -0.3 is 0 Å². The summed E-state index contributed by atoms with van der Waals surface area (Å²) in [6.07, 6.45) is 6.33. The average molecular weight is 168 g/mol. The predicted molar refractivity (Wildman–Crippen MR) is 57.3 cm³/mol. The van der Waals surface area contributed by atoms with E-state index in [0.717, 1.165) is 11.8 Å². The lowest BCUT2D eigenvalue weighted by atomic mass is 9.94. The lowest BCUT2D eigenvalue weighted by Crippen LogP contribution is -1.99. The van der Waals surface area contributed by atoms with E-state index in [2.05, 4.69) is 40.7 Å². The Morgan fingerprint density at radius 2 is 1.75 bits per heavy atom. The van der Waals surface area contributed by atoms with Crippen LogP contribution in [0.5, 0.6) is 0 Å². The zero-order chi connectivity index (χ0) is 9.56. The molecule has 0 rings (SSSR count). The van der Waals surface area contributed by atoms with Crippen molar-refractivity contribution in [1.82, 2.24) is 0 Å². The molecule has 0 radical (unpaired) electrons. The highest BCUT2D eigenvalue weighted by Gasteiger charge is 2.03. The third kappa shape index (κ3) is 7.84. The summed E-state index contributed by atoms with van der Waals surface area (Å²) in [6, 6.07) is 0. The van der Waals surface area contributed by atoms with Crippen molar-refractivity contribution in [2.45, 2.75) is 53.9 Å². The maximum atomic E-state index is 2.36. The summed E-state index contributed by atoms with van der Waals surface area (Å²) in [5.41, 5.74) is 1.45. The summed E-state index contributed by atoms with van der Waals surface area (Å²) in [5.74, 6) is 1.74. The second-order valence-corrected chi connectivity index (χ2v) is 4.59. The second-order valence-electron chi connectivity index (χ2n) is 4.59. The molecule has 0 aromatic carbocycles. The monoisotopic (exact) mass is 168 g/mol. The molecule has 0 aromatic rings. The zero-order valence-corrected chi connectivity index (χ0v) is 9.35. The Kier molecular flexibility index (Phi) is 6.14. The van der Waals surface area contributed by atoms with Crippen molar-refractivity contribution in [2.24, 2.45) is 11.8 Å². The minimum atomic E-state index is 0.853. The fraction of sp³-hybridized carbons (Fsp3) is 0.833. The summed E-state index contributed by atoms with van der Waals surface area (Å²) in [6.45, 7) is 11.3. The van der Waals surface area contributed by atoms with Crippen molar-refractivity contribution in [2.75, 3.05) is 0 Å². The van der Waals surface area contributed by atoms with E-state index in [4.69, 9.17) is 0 Å². The maximum Gasteiger partial charge on any atom is -0.0346 e. The van der Waals surface area contributed by atoms with Crippen LogP contribution < -0.4 is 0 Å². The molecule has 0 nitrogen and oxygen atoms in total. The standard InChI is InChI=1S/C12H24/c1-10(2)7-6-8-12(5)9-11(3)4/h7,11-12H,6,8-9H2,1-5H3. The average Bonchev–Trinajstić information content (AvgIpc) is 1.84. The first-order valence-corrected chi connectivity index (χ1v) is 5.15. The second kappa shape index (κ2) is 6.28. The van der Waals surface area contributed by atoms with Crippen LogP contribution in [0.15, 0.2) is 11.6 Å². The zero-order valence-electron chi connectivity index (χ0n) is 9.35. The molecule has 0 heteroatoms. The van der Waals surface area contributed by atoms with E-state index in [9.17, 15) is 0 Å². The van der Waals surface area contributed by atoms with Crippen molar-refractivity contribution < 1.29 is 0 Å². The fourth-order valence-corrected chi connectivity index (χ4v) is 1.58. The van der Waals surface area contributed by atoms with Gasteiger partial charge in [-0.05, 0) is 44.9 Å². The molecule has 1 atom stereocenters. The van der Waals surface area contributed by atoms with Gasteiger partial charge >= 0.3 is 0 Å². The fourth-order valence-electron chi connectivity index (χ4n) is 1.58. The van der Waals surface area contributed by atoms with Gasteiger partial charge in [-0.25, -0.2) is 0 Å². The Labute approximate surface area is 78.1 Å². The molecular formula is C12H24. The molecule has 0 aliphatic heterocycles. The van der Waals surface area contributed by atoms with Gasteiger partial charge in [0.25, 0.3) is 0 Å². The predicted octanol–water partition coefficient (Wildman–Crippen LogP) is 4.42. The van der Waals surface area contributed by atoms with E-state index in [1.54, 1.807) is 0 Å². The molecular weight excluding hydrogens is 144 g/mol. The smallest absolute Gasteiger partial charge is 0.0346 e. The van der Waals surface area contributed by atoms with Crippen molar-refractivity contribution in [1.29, 1.82) is 0 Å². The molecule has 0 N–H and O–H groups in total. The summed E-state index contributed by atoms with van der Waals surface area (Å²) in [7, 11) is 0. The Bertz CT molecular complexity index is 127. The van der Waals surface area contributed by atoms with Crippen LogP contribution in [0.25, 0.3) is 0 Å². The van der Waals surface area contributed by atoms with Gasteiger partial charge in [0.15, 0.2) is 0 Å². The third-order valence-electron chi connectivity index (χ3n) is 2.09.